The number of benzene rings is 1. The third-order valence-electron chi connectivity index (χ3n) is 6.70. The number of carbonyl (C=O) groups is 1. The van der Waals surface area contributed by atoms with Crippen molar-refractivity contribution in [3.8, 4) is 0 Å². The molecule has 2 fully saturated rings. The van der Waals surface area contributed by atoms with E-state index in [4.69, 9.17) is 4.98 Å². The zero-order valence-electron chi connectivity index (χ0n) is 18.3. The number of nitrogens with zero attached hydrogens (tertiary/aromatic N) is 5. The first-order valence-corrected chi connectivity index (χ1v) is 11.4. The maximum absolute atomic E-state index is 13.1. The molecule has 3 aromatic rings. The summed E-state index contributed by atoms with van der Waals surface area (Å²) in [6.07, 6.45) is 3.69. The summed E-state index contributed by atoms with van der Waals surface area (Å²) in [6, 6.07) is 10.2. The van der Waals surface area contributed by atoms with Gasteiger partial charge in [-0.1, -0.05) is 12.1 Å². The molecule has 0 unspecified atom stereocenters. The van der Waals surface area contributed by atoms with Crippen LogP contribution in [0.5, 0.6) is 0 Å². The van der Waals surface area contributed by atoms with E-state index in [1.54, 1.807) is 0 Å². The number of likely N-dealkylation sites (tertiary alicyclic amines) is 1. The van der Waals surface area contributed by atoms with Gasteiger partial charge in [0.15, 0.2) is 0 Å². The number of fused-ring (bicyclic) bond motifs is 1. The van der Waals surface area contributed by atoms with E-state index in [-0.39, 0.29) is 5.92 Å². The SMILES string of the molecule is Cc1cc(C)nc(N2CCC(C(=O)N3CCC(c4nc5ccccc5[nH]4)CC3)CC2)n1. The number of hydrogen-bond donors (Lipinski definition) is 1. The fraction of sp³-hybridized carbons (Fsp3) is 0.500. The zero-order chi connectivity index (χ0) is 21.4. The van der Waals surface area contributed by atoms with Crippen molar-refractivity contribution in [1.82, 2.24) is 24.8 Å². The lowest BCUT2D eigenvalue weighted by atomic mass is 9.92. The lowest BCUT2D eigenvalue weighted by Gasteiger charge is -2.37. The lowest BCUT2D eigenvalue weighted by Crippen LogP contribution is -2.45. The monoisotopic (exact) mass is 418 g/mol. The van der Waals surface area contributed by atoms with Crippen molar-refractivity contribution in [3.05, 3.63) is 47.5 Å². The Morgan fingerprint density at radius 1 is 0.935 bits per heavy atom. The second-order valence-corrected chi connectivity index (χ2v) is 8.95. The Morgan fingerprint density at radius 3 is 2.29 bits per heavy atom. The number of aromatic amines is 1. The van der Waals surface area contributed by atoms with Gasteiger partial charge in [-0.3, -0.25) is 4.79 Å². The first kappa shape index (κ1) is 20.0. The van der Waals surface area contributed by atoms with Crippen molar-refractivity contribution in [2.75, 3.05) is 31.1 Å². The van der Waals surface area contributed by atoms with Gasteiger partial charge < -0.3 is 14.8 Å². The molecule has 0 radical (unpaired) electrons. The molecule has 0 spiro atoms. The molecule has 1 aromatic carbocycles. The van der Waals surface area contributed by atoms with Gasteiger partial charge in [-0.15, -0.1) is 0 Å². The highest BCUT2D eigenvalue weighted by molar-refractivity contribution is 5.79. The summed E-state index contributed by atoms with van der Waals surface area (Å²) in [5, 5.41) is 0. The molecule has 1 N–H and O–H groups in total. The number of H-pyrrole nitrogens is 1. The smallest absolute Gasteiger partial charge is 0.225 e. The number of rotatable bonds is 3. The minimum Gasteiger partial charge on any atom is -0.342 e. The first-order valence-electron chi connectivity index (χ1n) is 11.4. The molecule has 2 aliphatic heterocycles. The summed E-state index contributed by atoms with van der Waals surface area (Å²) < 4.78 is 0. The molecule has 7 nitrogen and oxygen atoms in total. The molecule has 5 rings (SSSR count). The normalized spacial score (nSPS) is 18.6. The van der Waals surface area contributed by atoms with Gasteiger partial charge in [-0.05, 0) is 57.7 Å². The van der Waals surface area contributed by atoms with Crippen LogP contribution in [-0.2, 0) is 4.79 Å². The van der Waals surface area contributed by atoms with E-state index in [9.17, 15) is 4.79 Å². The Morgan fingerprint density at radius 2 is 1.61 bits per heavy atom. The van der Waals surface area contributed by atoms with E-state index in [1.807, 2.05) is 38.1 Å². The van der Waals surface area contributed by atoms with E-state index >= 15 is 0 Å². The third-order valence-corrected chi connectivity index (χ3v) is 6.70. The van der Waals surface area contributed by atoms with Gasteiger partial charge in [-0.25, -0.2) is 15.0 Å². The average Bonchev–Trinajstić information content (AvgIpc) is 3.22. The average molecular weight is 419 g/mol. The number of imidazole rings is 1. The molecule has 2 aromatic heterocycles. The van der Waals surface area contributed by atoms with Crippen molar-refractivity contribution in [2.24, 2.45) is 5.92 Å². The molecule has 0 aliphatic carbocycles. The molecule has 4 heterocycles. The maximum atomic E-state index is 13.1. The van der Waals surface area contributed by atoms with Crippen LogP contribution in [-0.4, -0.2) is 56.9 Å². The van der Waals surface area contributed by atoms with E-state index < -0.39 is 0 Å². The summed E-state index contributed by atoms with van der Waals surface area (Å²) in [7, 11) is 0. The molecule has 1 amide bonds. The fourth-order valence-corrected chi connectivity index (χ4v) is 4.97. The van der Waals surface area contributed by atoms with Gasteiger partial charge >= 0.3 is 0 Å². The molecule has 2 aliphatic rings. The third kappa shape index (κ3) is 4.13. The van der Waals surface area contributed by atoms with Crippen LogP contribution < -0.4 is 4.90 Å². The molecule has 0 atom stereocenters. The molecule has 162 valence electrons. The molecule has 0 bridgehead atoms. The number of hydrogen-bond acceptors (Lipinski definition) is 5. The van der Waals surface area contributed by atoms with E-state index in [2.05, 4.69) is 30.8 Å². The maximum Gasteiger partial charge on any atom is 0.225 e. The highest BCUT2D eigenvalue weighted by Crippen LogP contribution is 2.30. The molecular weight excluding hydrogens is 388 g/mol. The van der Waals surface area contributed by atoms with Crippen LogP contribution in [0.3, 0.4) is 0 Å². The van der Waals surface area contributed by atoms with E-state index in [1.165, 1.54) is 0 Å². The Hall–Kier alpha value is -2.96. The lowest BCUT2D eigenvalue weighted by molar-refractivity contribution is -0.137. The minimum absolute atomic E-state index is 0.116. The van der Waals surface area contributed by atoms with Crippen LogP contribution in [0, 0.1) is 19.8 Å². The van der Waals surface area contributed by atoms with Crippen molar-refractivity contribution in [1.29, 1.82) is 0 Å². The predicted molar refractivity (Wildman–Crippen MR) is 121 cm³/mol. The topological polar surface area (TPSA) is 78.0 Å². The van der Waals surface area contributed by atoms with Gasteiger partial charge in [0.1, 0.15) is 5.82 Å². The van der Waals surface area contributed by atoms with Crippen LogP contribution in [0.25, 0.3) is 11.0 Å². The van der Waals surface area contributed by atoms with Gasteiger partial charge in [0.2, 0.25) is 11.9 Å². The van der Waals surface area contributed by atoms with Crippen LogP contribution in [0.15, 0.2) is 30.3 Å². The summed E-state index contributed by atoms with van der Waals surface area (Å²) in [5.74, 6) is 2.71. The first-order chi connectivity index (χ1) is 15.1. The van der Waals surface area contributed by atoms with Crippen molar-refractivity contribution >= 4 is 22.9 Å². The molecular formula is C24H30N6O. The van der Waals surface area contributed by atoms with E-state index in [0.717, 1.165) is 86.1 Å². The Bertz CT molecular complexity index is 1020. The van der Waals surface area contributed by atoms with Crippen molar-refractivity contribution in [3.63, 3.8) is 0 Å². The largest absolute Gasteiger partial charge is 0.342 e. The van der Waals surface area contributed by atoms with Gasteiger partial charge in [0.25, 0.3) is 0 Å². The molecule has 0 saturated carbocycles. The minimum atomic E-state index is 0.116. The quantitative estimate of drug-likeness (QED) is 0.703. The molecule has 2 saturated heterocycles. The molecule has 31 heavy (non-hydrogen) atoms. The number of para-hydroxylation sites is 2. The predicted octanol–water partition coefficient (Wildman–Crippen LogP) is 3.59. The fourth-order valence-electron chi connectivity index (χ4n) is 4.97. The van der Waals surface area contributed by atoms with Crippen molar-refractivity contribution < 1.29 is 4.79 Å². The second-order valence-electron chi connectivity index (χ2n) is 8.95. The zero-order valence-corrected chi connectivity index (χ0v) is 18.3. The van der Waals surface area contributed by atoms with E-state index in [0.29, 0.717) is 11.8 Å². The second kappa shape index (κ2) is 8.29. The highest BCUT2D eigenvalue weighted by Gasteiger charge is 2.32. The van der Waals surface area contributed by atoms with Crippen LogP contribution in [0.1, 0.15) is 48.8 Å². The van der Waals surface area contributed by atoms with Crippen LogP contribution >= 0.6 is 0 Å². The number of aromatic nitrogens is 4. The number of aryl methyl sites for hydroxylation is 2. The molecule has 7 heteroatoms. The number of carbonyl (C=O) groups excluding carboxylic acids is 1. The summed E-state index contributed by atoms with van der Waals surface area (Å²) >= 11 is 0. The summed E-state index contributed by atoms with van der Waals surface area (Å²) in [4.78, 5) is 34.8. The Kier molecular flexibility index (Phi) is 5.34. The van der Waals surface area contributed by atoms with Gasteiger partial charge in [-0.2, -0.15) is 0 Å². The Labute approximate surface area is 182 Å². The number of anilines is 1. The Balaban J connectivity index is 1.16. The van der Waals surface area contributed by atoms with Crippen molar-refractivity contribution in [2.45, 2.75) is 45.4 Å². The van der Waals surface area contributed by atoms with Gasteiger partial charge in [0, 0.05) is 49.4 Å². The highest BCUT2D eigenvalue weighted by atomic mass is 16.2. The summed E-state index contributed by atoms with van der Waals surface area (Å²) in [5.41, 5.74) is 4.10. The summed E-state index contributed by atoms with van der Waals surface area (Å²) in [6.45, 7) is 7.33. The van der Waals surface area contributed by atoms with Crippen LogP contribution in [0.2, 0.25) is 0 Å². The van der Waals surface area contributed by atoms with Gasteiger partial charge in [0.05, 0.1) is 11.0 Å². The number of nitrogens with one attached hydrogen (secondary N) is 1. The standard InChI is InChI=1S/C24H30N6O/c1-16-15-17(2)26-24(25-16)30-13-9-19(10-14-30)23(31)29-11-7-18(8-12-29)22-27-20-5-3-4-6-21(20)28-22/h3-6,15,18-19H,7-14H2,1-2H3,(H,27,28). The van der Waals surface area contributed by atoms with Crippen LogP contribution in [0.4, 0.5) is 5.95 Å². The number of piperidine rings is 2. The number of amides is 1.